The van der Waals surface area contributed by atoms with Crippen molar-refractivity contribution in [3.05, 3.63) is 53.6 Å². The highest BCUT2D eigenvalue weighted by atomic mass is 16.5. The highest BCUT2D eigenvalue weighted by Crippen LogP contribution is 2.30. The molecule has 5 nitrogen and oxygen atoms in total. The molecule has 24 heavy (non-hydrogen) atoms. The van der Waals surface area contributed by atoms with E-state index in [1.54, 1.807) is 13.2 Å². The maximum atomic E-state index is 10.2. The van der Waals surface area contributed by atoms with Crippen molar-refractivity contribution in [2.45, 2.75) is 19.9 Å². The molecule has 126 valence electrons. The molecule has 0 unspecified atom stereocenters. The number of nitrogens with zero attached hydrogens (tertiary/aromatic N) is 2. The second-order valence-electron chi connectivity index (χ2n) is 5.67. The summed E-state index contributed by atoms with van der Waals surface area (Å²) in [4.78, 5) is 6.92. The van der Waals surface area contributed by atoms with E-state index < -0.39 is 0 Å². The van der Waals surface area contributed by atoms with E-state index in [4.69, 9.17) is 9.73 Å². The van der Waals surface area contributed by atoms with Crippen molar-refractivity contribution >= 4 is 11.6 Å². The Hall–Kier alpha value is -2.69. The fourth-order valence-electron chi connectivity index (χ4n) is 2.97. The summed E-state index contributed by atoms with van der Waals surface area (Å²) in [6, 6.07) is 13.9. The summed E-state index contributed by atoms with van der Waals surface area (Å²) in [5.41, 5.74) is 3.29. The van der Waals surface area contributed by atoms with Crippen LogP contribution in [0.25, 0.3) is 0 Å². The molecule has 1 aliphatic heterocycles. The van der Waals surface area contributed by atoms with Crippen LogP contribution in [0.4, 0.5) is 5.69 Å². The first-order valence-electron chi connectivity index (χ1n) is 8.23. The van der Waals surface area contributed by atoms with E-state index in [0.29, 0.717) is 12.3 Å². The van der Waals surface area contributed by atoms with Gasteiger partial charge in [-0.2, -0.15) is 0 Å². The summed E-state index contributed by atoms with van der Waals surface area (Å²) in [6.07, 6.45) is 1.02. The van der Waals surface area contributed by atoms with Gasteiger partial charge >= 0.3 is 0 Å². The highest BCUT2D eigenvalue weighted by Gasteiger charge is 2.22. The maximum Gasteiger partial charge on any atom is 0.198 e. The first-order chi connectivity index (χ1) is 11.7. The third kappa shape index (κ3) is 3.15. The number of nitrogens with one attached hydrogen (secondary N) is 1. The number of phenols is 1. The number of aliphatic imine (C=N–C) groups is 1. The normalized spacial score (nSPS) is 13.8. The number of guanidine groups is 1. The smallest absolute Gasteiger partial charge is 0.198 e. The predicted molar refractivity (Wildman–Crippen MR) is 97.0 cm³/mol. The highest BCUT2D eigenvalue weighted by molar-refractivity contribution is 5.98. The van der Waals surface area contributed by atoms with Crippen LogP contribution < -0.4 is 15.0 Å². The summed E-state index contributed by atoms with van der Waals surface area (Å²) in [7, 11) is 1.55. The van der Waals surface area contributed by atoms with Gasteiger partial charge in [0.1, 0.15) is 0 Å². The van der Waals surface area contributed by atoms with Crippen LogP contribution >= 0.6 is 0 Å². The Labute approximate surface area is 142 Å². The molecule has 0 atom stereocenters. The molecule has 2 aromatic rings. The molecule has 0 saturated carbocycles. The Morgan fingerprint density at radius 2 is 2.08 bits per heavy atom. The summed E-state index contributed by atoms with van der Waals surface area (Å²) in [6.45, 7) is 4.15. The van der Waals surface area contributed by atoms with Gasteiger partial charge in [0.2, 0.25) is 0 Å². The molecule has 0 amide bonds. The van der Waals surface area contributed by atoms with Gasteiger partial charge in [-0.15, -0.1) is 0 Å². The third-order valence-corrected chi connectivity index (χ3v) is 4.18. The number of ether oxygens (including phenoxy) is 1. The quantitative estimate of drug-likeness (QED) is 0.670. The van der Waals surface area contributed by atoms with Gasteiger partial charge in [-0.1, -0.05) is 30.3 Å². The molecule has 0 fully saturated rings. The Morgan fingerprint density at radius 3 is 2.88 bits per heavy atom. The zero-order valence-electron chi connectivity index (χ0n) is 14.1. The molecule has 0 bridgehead atoms. The van der Waals surface area contributed by atoms with Gasteiger partial charge in [0.05, 0.1) is 13.7 Å². The van der Waals surface area contributed by atoms with E-state index >= 15 is 0 Å². The molecule has 0 spiro atoms. The minimum absolute atomic E-state index is 0.154. The van der Waals surface area contributed by atoms with Gasteiger partial charge in [0.15, 0.2) is 17.5 Å². The van der Waals surface area contributed by atoms with E-state index in [2.05, 4.69) is 41.4 Å². The van der Waals surface area contributed by atoms with Crippen LogP contribution in [0, 0.1) is 0 Å². The second-order valence-corrected chi connectivity index (χ2v) is 5.67. The number of phenolic OH excluding ortho intramolecular Hbond substituents is 1. The molecule has 2 N–H and O–H groups in total. The van der Waals surface area contributed by atoms with Crippen LogP contribution in [-0.4, -0.2) is 31.3 Å². The van der Waals surface area contributed by atoms with Crippen molar-refractivity contribution in [3.8, 4) is 11.5 Å². The van der Waals surface area contributed by atoms with E-state index in [9.17, 15) is 5.11 Å². The number of rotatable bonds is 4. The zero-order valence-corrected chi connectivity index (χ0v) is 14.1. The third-order valence-electron chi connectivity index (χ3n) is 4.18. The van der Waals surface area contributed by atoms with Crippen molar-refractivity contribution in [1.29, 1.82) is 0 Å². The van der Waals surface area contributed by atoms with Gasteiger partial charge in [-0.25, -0.2) is 4.99 Å². The summed E-state index contributed by atoms with van der Waals surface area (Å²) < 4.78 is 5.16. The lowest BCUT2D eigenvalue weighted by Crippen LogP contribution is -2.40. The average molecular weight is 325 g/mol. The fourth-order valence-corrected chi connectivity index (χ4v) is 2.97. The Kier molecular flexibility index (Phi) is 4.89. The summed E-state index contributed by atoms with van der Waals surface area (Å²) in [5, 5.41) is 13.6. The Bertz CT molecular complexity index is 743. The molecule has 0 aliphatic carbocycles. The molecule has 1 aliphatic rings. The number of para-hydroxylation sites is 2. The molecule has 2 aromatic carbocycles. The minimum Gasteiger partial charge on any atom is -0.504 e. The topological polar surface area (TPSA) is 57.1 Å². The van der Waals surface area contributed by atoms with E-state index in [-0.39, 0.29) is 5.75 Å². The van der Waals surface area contributed by atoms with Gasteiger partial charge in [-0.3, -0.25) is 0 Å². The Balaban J connectivity index is 1.86. The number of anilines is 1. The molecule has 5 heteroatoms. The minimum atomic E-state index is 0.154. The molecule has 3 rings (SSSR count). The first-order valence-corrected chi connectivity index (χ1v) is 8.23. The number of methoxy groups -OCH3 is 1. The van der Waals surface area contributed by atoms with Crippen LogP contribution in [0.3, 0.4) is 0 Å². The standard InChI is InChI=1S/C19H23N3O2/c1-3-20-19(22-12-11-14-7-4-5-9-16(14)22)21-13-15-8-6-10-17(24-2)18(15)23/h4-10,23H,3,11-13H2,1-2H3,(H,20,21). The average Bonchev–Trinajstić information content (AvgIpc) is 3.03. The summed E-state index contributed by atoms with van der Waals surface area (Å²) in [5.74, 6) is 1.46. The first kappa shape index (κ1) is 16.2. The summed E-state index contributed by atoms with van der Waals surface area (Å²) >= 11 is 0. The van der Waals surface area contributed by atoms with Gasteiger partial charge in [-0.05, 0) is 31.0 Å². The van der Waals surface area contributed by atoms with E-state index in [0.717, 1.165) is 31.0 Å². The van der Waals surface area contributed by atoms with Gasteiger partial charge < -0.3 is 20.1 Å². The van der Waals surface area contributed by atoms with Crippen LogP contribution in [0.2, 0.25) is 0 Å². The number of fused-ring (bicyclic) bond motifs is 1. The largest absolute Gasteiger partial charge is 0.504 e. The molecule has 0 aromatic heterocycles. The van der Waals surface area contributed by atoms with Crippen molar-refractivity contribution in [2.24, 2.45) is 4.99 Å². The maximum absolute atomic E-state index is 10.2. The zero-order chi connectivity index (χ0) is 16.9. The number of aromatic hydroxyl groups is 1. The van der Waals surface area contributed by atoms with Gasteiger partial charge in [0.25, 0.3) is 0 Å². The Morgan fingerprint density at radius 1 is 1.25 bits per heavy atom. The number of benzene rings is 2. The van der Waals surface area contributed by atoms with Gasteiger partial charge in [0, 0.05) is 24.3 Å². The van der Waals surface area contributed by atoms with Crippen LogP contribution in [0.15, 0.2) is 47.5 Å². The van der Waals surface area contributed by atoms with Crippen molar-refractivity contribution in [2.75, 3.05) is 25.1 Å². The SMILES string of the molecule is CCNC(=NCc1cccc(OC)c1O)N1CCc2ccccc21. The van der Waals surface area contributed by atoms with Crippen LogP contribution in [0.1, 0.15) is 18.1 Å². The lowest BCUT2D eigenvalue weighted by Gasteiger charge is -2.22. The van der Waals surface area contributed by atoms with Crippen molar-refractivity contribution in [3.63, 3.8) is 0 Å². The predicted octanol–water partition coefficient (Wildman–Crippen LogP) is 2.93. The molecule has 0 saturated heterocycles. The molecule has 0 radical (unpaired) electrons. The number of hydrogen-bond donors (Lipinski definition) is 2. The fraction of sp³-hybridized carbons (Fsp3) is 0.316. The van der Waals surface area contributed by atoms with E-state index in [1.165, 1.54) is 11.3 Å². The second kappa shape index (κ2) is 7.25. The number of hydrogen-bond acceptors (Lipinski definition) is 3. The van der Waals surface area contributed by atoms with Crippen LogP contribution in [-0.2, 0) is 13.0 Å². The van der Waals surface area contributed by atoms with Crippen molar-refractivity contribution in [1.82, 2.24) is 5.32 Å². The van der Waals surface area contributed by atoms with Crippen LogP contribution in [0.5, 0.6) is 11.5 Å². The lowest BCUT2D eigenvalue weighted by molar-refractivity contribution is 0.370. The lowest BCUT2D eigenvalue weighted by atomic mass is 10.2. The van der Waals surface area contributed by atoms with Crippen molar-refractivity contribution < 1.29 is 9.84 Å². The monoisotopic (exact) mass is 325 g/mol. The molecular weight excluding hydrogens is 302 g/mol. The van der Waals surface area contributed by atoms with E-state index in [1.807, 2.05) is 12.1 Å². The molecular formula is C19H23N3O2. The molecule has 1 heterocycles.